The molecule has 0 fully saturated rings. The van der Waals surface area contributed by atoms with Gasteiger partial charge in [-0.15, -0.1) is 0 Å². The van der Waals surface area contributed by atoms with Crippen LogP contribution < -0.4 is 5.63 Å². The van der Waals surface area contributed by atoms with Gasteiger partial charge in [0.15, 0.2) is 0 Å². The quantitative estimate of drug-likeness (QED) is 0.791. The first-order valence-corrected chi connectivity index (χ1v) is 5.33. The zero-order chi connectivity index (χ0) is 10.8. The molecule has 2 nitrogen and oxygen atoms in total. The van der Waals surface area contributed by atoms with Gasteiger partial charge in [0.1, 0.15) is 5.76 Å². The summed E-state index contributed by atoms with van der Waals surface area (Å²) in [5.41, 5.74) is 1.16. The first-order valence-electron chi connectivity index (χ1n) is 4.53. The van der Waals surface area contributed by atoms with Crippen LogP contribution in [0, 0.1) is 6.92 Å². The van der Waals surface area contributed by atoms with Crippen LogP contribution in [0.4, 0.5) is 0 Å². The van der Waals surface area contributed by atoms with Crippen molar-refractivity contribution < 1.29 is 4.42 Å². The molecule has 0 N–H and O–H groups in total. The molecule has 0 saturated carbocycles. The van der Waals surface area contributed by atoms with Gasteiger partial charge in [0, 0.05) is 4.47 Å². The molecule has 0 aliphatic carbocycles. The summed E-state index contributed by atoms with van der Waals surface area (Å²) in [7, 11) is 0. The van der Waals surface area contributed by atoms with E-state index in [1.165, 1.54) is 0 Å². The van der Waals surface area contributed by atoms with Gasteiger partial charge in [-0.2, -0.15) is 0 Å². The average molecular weight is 265 g/mol. The third-order valence-corrected chi connectivity index (χ3v) is 2.64. The van der Waals surface area contributed by atoms with Gasteiger partial charge in [0.05, 0.1) is 5.56 Å². The highest BCUT2D eigenvalue weighted by atomic mass is 79.9. The lowest BCUT2D eigenvalue weighted by Gasteiger charge is -2.00. The van der Waals surface area contributed by atoms with Crippen molar-refractivity contribution in [1.82, 2.24) is 0 Å². The van der Waals surface area contributed by atoms with Gasteiger partial charge in [0.2, 0.25) is 0 Å². The van der Waals surface area contributed by atoms with Gasteiger partial charge < -0.3 is 4.42 Å². The van der Waals surface area contributed by atoms with Crippen LogP contribution in [0.15, 0.2) is 50.1 Å². The summed E-state index contributed by atoms with van der Waals surface area (Å²) in [4.78, 5) is 11.5. The smallest absolute Gasteiger partial charge is 0.343 e. The topological polar surface area (TPSA) is 30.2 Å². The van der Waals surface area contributed by atoms with Crippen molar-refractivity contribution in [3.8, 4) is 11.1 Å². The Kier molecular flexibility index (Phi) is 2.73. The first-order chi connectivity index (χ1) is 7.16. The minimum atomic E-state index is -0.294. The molecule has 0 bridgehead atoms. The number of benzene rings is 1. The molecule has 76 valence electrons. The van der Waals surface area contributed by atoms with E-state index < -0.39 is 0 Å². The lowest BCUT2D eigenvalue weighted by molar-refractivity contribution is 0.482. The molecule has 0 atom stereocenters. The molecule has 0 spiro atoms. The van der Waals surface area contributed by atoms with Crippen molar-refractivity contribution in [3.05, 3.63) is 57.1 Å². The molecule has 2 rings (SSSR count). The van der Waals surface area contributed by atoms with Gasteiger partial charge in [-0.3, -0.25) is 0 Å². The standard InChI is InChI=1S/C12H9BrO2/c1-8-2-7-11(12(14)15-8)9-3-5-10(13)6-4-9/h2-7H,1H3. The molecule has 0 amide bonds. The van der Waals surface area contributed by atoms with Gasteiger partial charge in [-0.05, 0) is 36.8 Å². The van der Waals surface area contributed by atoms with E-state index in [4.69, 9.17) is 4.42 Å². The molecule has 0 aliphatic heterocycles. The van der Waals surface area contributed by atoms with Gasteiger partial charge in [-0.25, -0.2) is 4.79 Å². The fourth-order valence-electron chi connectivity index (χ4n) is 1.35. The molecule has 0 aliphatic rings. The Hall–Kier alpha value is -1.35. The summed E-state index contributed by atoms with van der Waals surface area (Å²) in [6.45, 7) is 1.76. The highest BCUT2D eigenvalue weighted by Gasteiger charge is 2.04. The van der Waals surface area contributed by atoms with E-state index in [-0.39, 0.29) is 5.63 Å². The molecule has 1 heterocycles. The minimum Gasteiger partial charge on any atom is -0.428 e. The van der Waals surface area contributed by atoms with E-state index >= 15 is 0 Å². The van der Waals surface area contributed by atoms with Crippen molar-refractivity contribution in [2.75, 3.05) is 0 Å². The second kappa shape index (κ2) is 4.03. The second-order valence-corrected chi connectivity index (χ2v) is 4.17. The molecule has 1 aromatic carbocycles. The van der Waals surface area contributed by atoms with E-state index in [0.29, 0.717) is 11.3 Å². The summed E-state index contributed by atoms with van der Waals surface area (Å²) in [6.07, 6.45) is 0. The van der Waals surface area contributed by atoms with Crippen LogP contribution in [0.3, 0.4) is 0 Å². The Morgan fingerprint density at radius 2 is 1.73 bits per heavy atom. The van der Waals surface area contributed by atoms with E-state index in [1.54, 1.807) is 19.1 Å². The number of hydrogen-bond donors (Lipinski definition) is 0. The number of halogens is 1. The minimum absolute atomic E-state index is 0.294. The lowest BCUT2D eigenvalue weighted by Crippen LogP contribution is -2.02. The summed E-state index contributed by atoms with van der Waals surface area (Å²) >= 11 is 3.35. The van der Waals surface area contributed by atoms with Crippen LogP contribution in [0.1, 0.15) is 5.76 Å². The first kappa shape index (κ1) is 10.2. The number of rotatable bonds is 1. The van der Waals surface area contributed by atoms with Crippen LogP contribution in [-0.2, 0) is 0 Å². The van der Waals surface area contributed by atoms with E-state index in [2.05, 4.69) is 15.9 Å². The number of aryl methyl sites for hydroxylation is 1. The Bertz CT molecular complexity index is 526. The molecule has 15 heavy (non-hydrogen) atoms. The zero-order valence-electron chi connectivity index (χ0n) is 8.16. The second-order valence-electron chi connectivity index (χ2n) is 3.25. The molecule has 1 aromatic heterocycles. The Morgan fingerprint density at radius 1 is 1.07 bits per heavy atom. The summed E-state index contributed by atoms with van der Waals surface area (Å²) in [5.74, 6) is 0.626. The average Bonchev–Trinajstić information content (AvgIpc) is 2.20. The molecule has 3 heteroatoms. The van der Waals surface area contributed by atoms with Crippen molar-refractivity contribution in [3.63, 3.8) is 0 Å². The Morgan fingerprint density at radius 3 is 2.33 bits per heavy atom. The van der Waals surface area contributed by atoms with Crippen LogP contribution in [-0.4, -0.2) is 0 Å². The monoisotopic (exact) mass is 264 g/mol. The molecular weight excluding hydrogens is 256 g/mol. The van der Waals surface area contributed by atoms with Crippen LogP contribution in [0.2, 0.25) is 0 Å². The van der Waals surface area contributed by atoms with Crippen molar-refractivity contribution in [2.24, 2.45) is 0 Å². The predicted octanol–water partition coefficient (Wildman–Crippen LogP) is 3.38. The largest absolute Gasteiger partial charge is 0.428 e. The van der Waals surface area contributed by atoms with Crippen LogP contribution in [0.25, 0.3) is 11.1 Å². The number of hydrogen-bond acceptors (Lipinski definition) is 2. The fraction of sp³-hybridized carbons (Fsp3) is 0.0833. The maximum Gasteiger partial charge on any atom is 0.343 e. The molecular formula is C12H9BrO2. The predicted molar refractivity (Wildman–Crippen MR) is 62.9 cm³/mol. The third-order valence-electron chi connectivity index (χ3n) is 2.11. The van der Waals surface area contributed by atoms with Crippen molar-refractivity contribution in [1.29, 1.82) is 0 Å². The SMILES string of the molecule is Cc1ccc(-c2ccc(Br)cc2)c(=O)o1. The maximum absolute atomic E-state index is 11.5. The van der Waals surface area contributed by atoms with E-state index in [0.717, 1.165) is 10.0 Å². The molecule has 2 aromatic rings. The maximum atomic E-state index is 11.5. The Labute approximate surface area is 95.7 Å². The lowest BCUT2D eigenvalue weighted by atomic mass is 10.1. The fourth-order valence-corrected chi connectivity index (χ4v) is 1.61. The zero-order valence-corrected chi connectivity index (χ0v) is 9.74. The van der Waals surface area contributed by atoms with E-state index in [9.17, 15) is 4.79 Å². The molecule has 0 unspecified atom stereocenters. The molecule has 0 saturated heterocycles. The summed E-state index contributed by atoms with van der Waals surface area (Å²) < 4.78 is 6.01. The van der Waals surface area contributed by atoms with Crippen molar-refractivity contribution in [2.45, 2.75) is 6.92 Å². The summed E-state index contributed by atoms with van der Waals surface area (Å²) in [5, 5.41) is 0. The highest BCUT2D eigenvalue weighted by Crippen LogP contribution is 2.18. The summed E-state index contributed by atoms with van der Waals surface area (Å²) in [6, 6.07) is 11.1. The molecule has 0 radical (unpaired) electrons. The van der Waals surface area contributed by atoms with Crippen LogP contribution >= 0.6 is 15.9 Å². The Balaban J connectivity index is 2.55. The third kappa shape index (κ3) is 2.18. The van der Waals surface area contributed by atoms with Crippen LogP contribution in [0.5, 0.6) is 0 Å². The van der Waals surface area contributed by atoms with Gasteiger partial charge in [-0.1, -0.05) is 28.1 Å². The van der Waals surface area contributed by atoms with Gasteiger partial charge in [0.25, 0.3) is 0 Å². The normalized spacial score (nSPS) is 10.3. The van der Waals surface area contributed by atoms with Gasteiger partial charge >= 0.3 is 5.63 Å². The van der Waals surface area contributed by atoms with E-state index in [1.807, 2.05) is 24.3 Å². The van der Waals surface area contributed by atoms with Crippen molar-refractivity contribution >= 4 is 15.9 Å². The highest BCUT2D eigenvalue weighted by molar-refractivity contribution is 9.10.